The smallest absolute Gasteiger partial charge is 0.416 e. The second-order valence-corrected chi connectivity index (χ2v) is 8.22. The van der Waals surface area contributed by atoms with Gasteiger partial charge in [0.25, 0.3) is 11.8 Å². The molecule has 0 aromatic heterocycles. The Balaban J connectivity index is 1.88. The van der Waals surface area contributed by atoms with Gasteiger partial charge in [0.05, 0.1) is 18.4 Å². The maximum absolute atomic E-state index is 13.5. The Morgan fingerprint density at radius 1 is 1.00 bits per heavy atom. The molecule has 3 rings (SSSR count). The molecular weight excluding hydrogens is 471 g/mol. The van der Waals surface area contributed by atoms with Crippen LogP contribution in [0.4, 0.5) is 18.9 Å². The van der Waals surface area contributed by atoms with Crippen molar-refractivity contribution in [2.45, 2.75) is 32.5 Å². The molecule has 0 aliphatic rings. The molecule has 0 aliphatic carbocycles. The molecule has 9 heteroatoms. The second-order valence-electron chi connectivity index (χ2n) is 8.22. The molecule has 0 saturated heterocycles. The van der Waals surface area contributed by atoms with Gasteiger partial charge >= 0.3 is 6.18 Å². The zero-order chi connectivity index (χ0) is 26.3. The fraction of sp³-hybridized carbons (Fsp3) is 0.259. The van der Waals surface area contributed by atoms with Gasteiger partial charge in [-0.25, -0.2) is 0 Å². The Morgan fingerprint density at radius 3 is 2.31 bits per heavy atom. The van der Waals surface area contributed by atoms with Gasteiger partial charge in [0, 0.05) is 18.5 Å². The maximum atomic E-state index is 13.5. The molecule has 6 nitrogen and oxygen atoms in total. The highest BCUT2D eigenvalue weighted by atomic mass is 19.4. The Labute approximate surface area is 208 Å². The summed E-state index contributed by atoms with van der Waals surface area (Å²) < 4.78 is 44.9. The van der Waals surface area contributed by atoms with Crippen molar-refractivity contribution >= 4 is 17.5 Å². The van der Waals surface area contributed by atoms with E-state index in [2.05, 4.69) is 10.7 Å². The van der Waals surface area contributed by atoms with Crippen molar-refractivity contribution in [2.75, 3.05) is 19.1 Å². The summed E-state index contributed by atoms with van der Waals surface area (Å²) in [5.74, 6) is -0.348. The molecule has 0 heterocycles. The quantitative estimate of drug-likeness (QED) is 0.395. The molecule has 2 amide bonds. The SMILES string of the molecule is CCN(Nc1ccc(OC)cc1)C(=O)C(Cc1cccc(C(F)(F)F)c1)NC(=O)c1cccc(C)c1. The number of rotatable bonds is 9. The van der Waals surface area contributed by atoms with E-state index in [-0.39, 0.29) is 18.5 Å². The minimum absolute atomic E-state index is 0.124. The number of carbonyl (C=O) groups excluding carboxylic acids is 2. The minimum Gasteiger partial charge on any atom is -0.497 e. The van der Waals surface area contributed by atoms with Crippen LogP contribution in [0.2, 0.25) is 0 Å². The predicted molar refractivity (Wildman–Crippen MR) is 132 cm³/mol. The van der Waals surface area contributed by atoms with Crippen LogP contribution in [0.3, 0.4) is 0 Å². The van der Waals surface area contributed by atoms with Crippen LogP contribution in [-0.4, -0.2) is 36.5 Å². The number of alkyl halides is 3. The first-order valence-corrected chi connectivity index (χ1v) is 11.4. The van der Waals surface area contributed by atoms with Crippen molar-refractivity contribution in [2.24, 2.45) is 0 Å². The number of carbonyl (C=O) groups is 2. The van der Waals surface area contributed by atoms with Crippen molar-refractivity contribution < 1.29 is 27.5 Å². The van der Waals surface area contributed by atoms with Crippen LogP contribution in [0.15, 0.2) is 72.8 Å². The van der Waals surface area contributed by atoms with E-state index in [0.29, 0.717) is 17.0 Å². The summed E-state index contributed by atoms with van der Waals surface area (Å²) in [4.78, 5) is 26.5. The number of anilines is 1. The average molecular weight is 500 g/mol. The lowest BCUT2D eigenvalue weighted by Gasteiger charge is -2.28. The summed E-state index contributed by atoms with van der Waals surface area (Å²) in [6.07, 6.45) is -4.65. The number of aryl methyl sites for hydroxylation is 1. The van der Waals surface area contributed by atoms with Crippen LogP contribution in [0.1, 0.15) is 34.0 Å². The molecule has 0 aliphatic heterocycles. The van der Waals surface area contributed by atoms with Gasteiger partial charge in [-0.05, 0) is 61.9 Å². The fourth-order valence-corrected chi connectivity index (χ4v) is 3.64. The van der Waals surface area contributed by atoms with Gasteiger partial charge in [-0.1, -0.05) is 35.9 Å². The van der Waals surface area contributed by atoms with E-state index in [1.54, 1.807) is 56.5 Å². The first-order valence-electron chi connectivity index (χ1n) is 11.4. The lowest BCUT2D eigenvalue weighted by Crippen LogP contribution is -2.51. The van der Waals surface area contributed by atoms with Crippen LogP contribution in [0.25, 0.3) is 0 Å². The average Bonchev–Trinajstić information content (AvgIpc) is 2.86. The van der Waals surface area contributed by atoms with Crippen LogP contribution in [0.5, 0.6) is 5.75 Å². The van der Waals surface area contributed by atoms with E-state index in [1.807, 2.05) is 13.0 Å². The highest BCUT2D eigenvalue weighted by Crippen LogP contribution is 2.30. The Morgan fingerprint density at radius 2 is 1.69 bits per heavy atom. The zero-order valence-corrected chi connectivity index (χ0v) is 20.2. The number of likely N-dealkylation sites (N-methyl/N-ethyl adjacent to an activating group) is 1. The van der Waals surface area contributed by atoms with E-state index >= 15 is 0 Å². The maximum Gasteiger partial charge on any atom is 0.416 e. The van der Waals surface area contributed by atoms with E-state index in [1.165, 1.54) is 17.1 Å². The lowest BCUT2D eigenvalue weighted by atomic mass is 10.0. The Bertz CT molecular complexity index is 1200. The number of ether oxygens (including phenoxy) is 1. The van der Waals surface area contributed by atoms with E-state index in [9.17, 15) is 22.8 Å². The van der Waals surface area contributed by atoms with Gasteiger partial charge in [-0.3, -0.25) is 20.0 Å². The van der Waals surface area contributed by atoms with Gasteiger partial charge in [0.2, 0.25) is 0 Å². The molecule has 3 aromatic rings. The summed E-state index contributed by atoms with van der Waals surface area (Å²) in [5.41, 5.74) is 4.27. The second kappa shape index (κ2) is 11.6. The lowest BCUT2D eigenvalue weighted by molar-refractivity contribution is -0.137. The number of hydrazine groups is 1. The number of halogens is 3. The molecule has 2 N–H and O–H groups in total. The number of nitrogens with one attached hydrogen (secondary N) is 2. The van der Waals surface area contributed by atoms with Crippen molar-refractivity contribution in [3.8, 4) is 5.75 Å². The fourth-order valence-electron chi connectivity index (χ4n) is 3.64. The number of benzene rings is 3. The third kappa shape index (κ3) is 7.00. The number of nitrogens with zero attached hydrogens (tertiary/aromatic N) is 1. The largest absolute Gasteiger partial charge is 0.497 e. The number of methoxy groups -OCH3 is 1. The monoisotopic (exact) mass is 499 g/mol. The first-order chi connectivity index (χ1) is 17.1. The third-order valence-electron chi connectivity index (χ3n) is 5.51. The standard InChI is InChI=1S/C27H28F3N3O3/c1-4-33(32-22-11-13-23(36-3)14-12-22)26(35)24(31-25(34)20-9-5-7-18(2)15-20)17-19-8-6-10-21(16-19)27(28,29)30/h5-16,24,32H,4,17H2,1-3H3,(H,31,34). The van der Waals surface area contributed by atoms with Crippen molar-refractivity contribution in [3.05, 3.63) is 95.1 Å². The van der Waals surface area contributed by atoms with Gasteiger partial charge in [-0.2, -0.15) is 13.2 Å². The van der Waals surface area contributed by atoms with Crippen LogP contribution < -0.4 is 15.5 Å². The summed E-state index contributed by atoms with van der Waals surface area (Å²) in [7, 11) is 1.54. The zero-order valence-electron chi connectivity index (χ0n) is 20.2. The van der Waals surface area contributed by atoms with E-state index in [4.69, 9.17) is 4.74 Å². The van der Waals surface area contributed by atoms with Gasteiger partial charge in [0.1, 0.15) is 11.8 Å². The summed E-state index contributed by atoms with van der Waals surface area (Å²) in [6, 6.07) is 17.4. The molecule has 0 spiro atoms. The van der Waals surface area contributed by atoms with Gasteiger partial charge < -0.3 is 10.1 Å². The van der Waals surface area contributed by atoms with Crippen molar-refractivity contribution in [1.82, 2.24) is 10.3 Å². The molecule has 0 saturated carbocycles. The van der Waals surface area contributed by atoms with Crippen LogP contribution in [-0.2, 0) is 17.4 Å². The number of hydrogen-bond acceptors (Lipinski definition) is 4. The molecule has 0 fully saturated rings. The normalized spacial score (nSPS) is 11.9. The molecule has 3 aromatic carbocycles. The van der Waals surface area contributed by atoms with Gasteiger partial charge in [-0.15, -0.1) is 0 Å². The number of hydrogen-bond donors (Lipinski definition) is 2. The van der Waals surface area contributed by atoms with Crippen LogP contribution in [0, 0.1) is 6.92 Å². The Hall–Kier alpha value is -4.01. The highest BCUT2D eigenvalue weighted by Gasteiger charge is 2.31. The summed E-state index contributed by atoms with van der Waals surface area (Å²) >= 11 is 0. The summed E-state index contributed by atoms with van der Waals surface area (Å²) in [6.45, 7) is 3.82. The van der Waals surface area contributed by atoms with Gasteiger partial charge in [0.15, 0.2) is 0 Å². The molecule has 190 valence electrons. The Kier molecular flexibility index (Phi) is 8.58. The molecular formula is C27H28F3N3O3. The molecule has 1 unspecified atom stereocenters. The minimum atomic E-state index is -4.52. The molecule has 0 bridgehead atoms. The molecule has 0 radical (unpaired) electrons. The van der Waals surface area contributed by atoms with Crippen molar-refractivity contribution in [3.63, 3.8) is 0 Å². The topological polar surface area (TPSA) is 70.7 Å². The summed E-state index contributed by atoms with van der Waals surface area (Å²) in [5, 5.41) is 4.03. The number of amides is 2. The van der Waals surface area contributed by atoms with E-state index < -0.39 is 29.6 Å². The first kappa shape index (κ1) is 26.6. The van der Waals surface area contributed by atoms with Crippen LogP contribution >= 0.6 is 0 Å². The predicted octanol–water partition coefficient (Wildman–Crippen LogP) is 5.24. The van der Waals surface area contributed by atoms with E-state index in [0.717, 1.165) is 17.7 Å². The van der Waals surface area contributed by atoms with Crippen molar-refractivity contribution in [1.29, 1.82) is 0 Å². The molecule has 1 atom stereocenters. The third-order valence-corrected chi connectivity index (χ3v) is 5.51. The highest BCUT2D eigenvalue weighted by molar-refractivity contribution is 5.98. The molecule has 36 heavy (non-hydrogen) atoms.